The maximum atomic E-state index is 5.88. The smallest absolute Gasteiger partial charge is 0.224 e. The van der Waals surface area contributed by atoms with Crippen LogP contribution in [0.4, 0.5) is 11.8 Å². The first-order chi connectivity index (χ1) is 10.3. The predicted octanol–water partition coefficient (Wildman–Crippen LogP) is 4.10. The summed E-state index contributed by atoms with van der Waals surface area (Å²) in [6, 6.07) is 10.2. The number of rotatable bonds is 5. The zero-order chi connectivity index (χ0) is 14.5. The molecule has 21 heavy (non-hydrogen) atoms. The highest BCUT2D eigenvalue weighted by molar-refractivity contribution is 6.30. The highest BCUT2D eigenvalue weighted by Crippen LogP contribution is 2.21. The molecule has 1 saturated carbocycles. The highest BCUT2D eigenvalue weighted by atomic mass is 35.5. The molecule has 4 nitrogen and oxygen atoms in total. The van der Waals surface area contributed by atoms with Crippen LogP contribution in [0.3, 0.4) is 0 Å². The van der Waals surface area contributed by atoms with E-state index in [0.717, 1.165) is 17.4 Å². The molecule has 3 rings (SSSR count). The molecule has 0 saturated heterocycles. The third-order valence-electron chi connectivity index (χ3n) is 3.73. The largest absolute Gasteiger partial charge is 0.366 e. The summed E-state index contributed by atoms with van der Waals surface area (Å²) in [6.07, 6.45) is 6.81. The number of benzene rings is 1. The lowest BCUT2D eigenvalue weighted by Gasteiger charge is -2.12. The van der Waals surface area contributed by atoms with Crippen LogP contribution in [-0.4, -0.2) is 16.0 Å². The molecule has 5 heteroatoms. The Morgan fingerprint density at radius 1 is 1.10 bits per heavy atom. The summed E-state index contributed by atoms with van der Waals surface area (Å²) in [5.41, 5.74) is 1.17. The van der Waals surface area contributed by atoms with Crippen LogP contribution >= 0.6 is 11.6 Å². The standard InChI is InChI=1S/C16H19ClN4/c17-13-7-5-12(6-8-13)11-19-15-9-10-18-16(21-15)20-14-3-1-2-4-14/h5-10,14H,1-4,11H2,(H2,18,19,20,21). The van der Waals surface area contributed by atoms with Crippen LogP contribution < -0.4 is 10.6 Å². The predicted molar refractivity (Wildman–Crippen MR) is 86.7 cm³/mol. The van der Waals surface area contributed by atoms with Gasteiger partial charge in [-0.3, -0.25) is 0 Å². The van der Waals surface area contributed by atoms with E-state index in [4.69, 9.17) is 11.6 Å². The van der Waals surface area contributed by atoms with E-state index in [1.54, 1.807) is 6.20 Å². The number of anilines is 2. The molecule has 0 bridgehead atoms. The topological polar surface area (TPSA) is 49.8 Å². The van der Waals surface area contributed by atoms with Gasteiger partial charge in [-0.1, -0.05) is 36.6 Å². The lowest BCUT2D eigenvalue weighted by molar-refractivity contribution is 0.744. The van der Waals surface area contributed by atoms with Gasteiger partial charge < -0.3 is 10.6 Å². The Morgan fingerprint density at radius 2 is 1.86 bits per heavy atom. The number of nitrogens with one attached hydrogen (secondary N) is 2. The van der Waals surface area contributed by atoms with Crippen LogP contribution in [0.25, 0.3) is 0 Å². The molecular formula is C16H19ClN4. The average Bonchev–Trinajstić information content (AvgIpc) is 3.00. The molecule has 0 spiro atoms. The van der Waals surface area contributed by atoms with Gasteiger partial charge in [0.1, 0.15) is 5.82 Å². The number of nitrogens with zero attached hydrogens (tertiary/aromatic N) is 2. The minimum absolute atomic E-state index is 0.525. The summed E-state index contributed by atoms with van der Waals surface area (Å²) in [4.78, 5) is 8.80. The molecule has 1 aliphatic rings. The van der Waals surface area contributed by atoms with Crippen molar-refractivity contribution in [3.05, 3.63) is 47.1 Å². The minimum atomic E-state index is 0.525. The zero-order valence-corrected chi connectivity index (χ0v) is 12.6. The summed E-state index contributed by atoms with van der Waals surface area (Å²) in [7, 11) is 0. The molecule has 1 fully saturated rings. The zero-order valence-electron chi connectivity index (χ0n) is 11.8. The van der Waals surface area contributed by atoms with Gasteiger partial charge in [0.05, 0.1) is 0 Å². The molecule has 0 atom stereocenters. The van der Waals surface area contributed by atoms with Crippen LogP contribution in [0.1, 0.15) is 31.2 Å². The second-order valence-electron chi connectivity index (χ2n) is 5.37. The normalized spacial score (nSPS) is 15.1. The molecule has 2 N–H and O–H groups in total. The maximum absolute atomic E-state index is 5.88. The highest BCUT2D eigenvalue weighted by Gasteiger charge is 2.15. The van der Waals surface area contributed by atoms with E-state index in [9.17, 15) is 0 Å². The Morgan fingerprint density at radius 3 is 2.62 bits per heavy atom. The van der Waals surface area contributed by atoms with E-state index >= 15 is 0 Å². The first-order valence-electron chi connectivity index (χ1n) is 7.37. The third-order valence-corrected chi connectivity index (χ3v) is 3.98. The van der Waals surface area contributed by atoms with Gasteiger partial charge in [0.25, 0.3) is 0 Å². The van der Waals surface area contributed by atoms with Gasteiger partial charge in [0.15, 0.2) is 0 Å². The van der Waals surface area contributed by atoms with Crippen molar-refractivity contribution in [2.75, 3.05) is 10.6 Å². The summed E-state index contributed by atoms with van der Waals surface area (Å²) in [5.74, 6) is 1.54. The third kappa shape index (κ3) is 4.08. The van der Waals surface area contributed by atoms with Crippen molar-refractivity contribution in [2.45, 2.75) is 38.3 Å². The van der Waals surface area contributed by atoms with Crippen molar-refractivity contribution in [2.24, 2.45) is 0 Å². The fourth-order valence-electron chi connectivity index (χ4n) is 2.57. The van der Waals surface area contributed by atoms with Gasteiger partial charge in [-0.05, 0) is 36.6 Å². The Bertz CT molecular complexity index is 579. The van der Waals surface area contributed by atoms with Gasteiger partial charge in [0.2, 0.25) is 5.95 Å². The molecule has 2 aromatic rings. The quantitative estimate of drug-likeness (QED) is 0.873. The van der Waals surface area contributed by atoms with Crippen LogP contribution in [0.2, 0.25) is 5.02 Å². The second-order valence-corrected chi connectivity index (χ2v) is 5.81. The Hall–Kier alpha value is -1.81. The molecule has 1 aromatic heterocycles. The van der Waals surface area contributed by atoms with Crippen LogP contribution in [0.5, 0.6) is 0 Å². The Labute approximate surface area is 130 Å². The summed E-state index contributed by atoms with van der Waals surface area (Å²) in [6.45, 7) is 0.719. The van der Waals surface area contributed by atoms with E-state index in [0.29, 0.717) is 12.0 Å². The van der Waals surface area contributed by atoms with Crippen molar-refractivity contribution in [3.63, 3.8) is 0 Å². The summed E-state index contributed by atoms with van der Waals surface area (Å²) in [5, 5.41) is 7.47. The lowest BCUT2D eigenvalue weighted by Crippen LogP contribution is -2.17. The molecule has 0 amide bonds. The van der Waals surface area contributed by atoms with E-state index in [2.05, 4.69) is 20.6 Å². The van der Waals surface area contributed by atoms with Crippen molar-refractivity contribution in [3.8, 4) is 0 Å². The molecule has 0 unspecified atom stereocenters. The first-order valence-corrected chi connectivity index (χ1v) is 7.75. The number of aromatic nitrogens is 2. The van der Waals surface area contributed by atoms with Crippen LogP contribution in [0.15, 0.2) is 36.5 Å². The molecule has 1 aliphatic carbocycles. The average molecular weight is 303 g/mol. The number of halogens is 1. The van der Waals surface area contributed by atoms with E-state index < -0.39 is 0 Å². The fraction of sp³-hybridized carbons (Fsp3) is 0.375. The van der Waals surface area contributed by atoms with Crippen LogP contribution in [0, 0.1) is 0 Å². The van der Waals surface area contributed by atoms with Crippen LogP contribution in [-0.2, 0) is 6.54 Å². The molecule has 0 radical (unpaired) electrons. The molecular weight excluding hydrogens is 284 g/mol. The first kappa shape index (κ1) is 14.1. The minimum Gasteiger partial charge on any atom is -0.366 e. The maximum Gasteiger partial charge on any atom is 0.224 e. The number of hydrogen-bond acceptors (Lipinski definition) is 4. The number of hydrogen-bond donors (Lipinski definition) is 2. The molecule has 1 aromatic carbocycles. The van der Waals surface area contributed by atoms with Crippen molar-refractivity contribution >= 4 is 23.4 Å². The van der Waals surface area contributed by atoms with E-state index in [1.165, 1.54) is 31.2 Å². The second kappa shape index (κ2) is 6.76. The summed E-state index contributed by atoms with van der Waals surface area (Å²) >= 11 is 5.88. The van der Waals surface area contributed by atoms with Gasteiger partial charge in [-0.25, -0.2) is 4.98 Å². The Balaban J connectivity index is 1.58. The summed E-state index contributed by atoms with van der Waals surface area (Å²) < 4.78 is 0. The van der Waals surface area contributed by atoms with Gasteiger partial charge in [-0.2, -0.15) is 4.98 Å². The monoisotopic (exact) mass is 302 g/mol. The molecule has 1 heterocycles. The SMILES string of the molecule is Clc1ccc(CNc2ccnc(NC3CCCC3)n2)cc1. The Kier molecular flexibility index (Phi) is 4.55. The fourth-order valence-corrected chi connectivity index (χ4v) is 2.70. The lowest BCUT2D eigenvalue weighted by atomic mass is 10.2. The molecule has 110 valence electrons. The van der Waals surface area contributed by atoms with E-state index in [-0.39, 0.29) is 0 Å². The van der Waals surface area contributed by atoms with Gasteiger partial charge in [0, 0.05) is 23.8 Å². The molecule has 0 aliphatic heterocycles. The van der Waals surface area contributed by atoms with Gasteiger partial charge in [-0.15, -0.1) is 0 Å². The van der Waals surface area contributed by atoms with Crippen molar-refractivity contribution in [1.82, 2.24) is 9.97 Å². The van der Waals surface area contributed by atoms with Crippen molar-refractivity contribution in [1.29, 1.82) is 0 Å². The van der Waals surface area contributed by atoms with E-state index in [1.807, 2.05) is 30.3 Å². The van der Waals surface area contributed by atoms with Gasteiger partial charge >= 0.3 is 0 Å². The van der Waals surface area contributed by atoms with Crippen molar-refractivity contribution < 1.29 is 0 Å².